The van der Waals surface area contributed by atoms with Gasteiger partial charge in [0.25, 0.3) is 0 Å². The van der Waals surface area contributed by atoms with Crippen LogP contribution in [0, 0.1) is 6.92 Å². The number of aryl methyl sites for hydroxylation is 1. The van der Waals surface area contributed by atoms with Gasteiger partial charge in [0.1, 0.15) is 18.0 Å². The van der Waals surface area contributed by atoms with Gasteiger partial charge in [0.05, 0.1) is 6.04 Å². The van der Waals surface area contributed by atoms with Crippen LogP contribution in [-0.2, 0) is 18.3 Å². The molecule has 31 heavy (non-hydrogen) atoms. The zero-order chi connectivity index (χ0) is 22.1. The molecular formula is C21H34IN7O2. The van der Waals surface area contributed by atoms with Crippen LogP contribution in [0.1, 0.15) is 50.9 Å². The standard InChI is InChI=1S/C21H33N7O2.HI/c1-15(17-10-8-7-9-11-17)25-19(24-14-18-27-26-16(2)28(18)6)22-12-13-23-20(29)30-21(3,4)5;/h7-11,15H,12-14H2,1-6H3,(H,23,29)(H2,22,24,25);1H. The molecule has 0 aliphatic heterocycles. The molecule has 0 aliphatic rings. The highest BCUT2D eigenvalue weighted by atomic mass is 127. The second-order valence-corrected chi connectivity index (χ2v) is 8.02. The molecule has 2 rings (SSSR count). The summed E-state index contributed by atoms with van der Waals surface area (Å²) in [5, 5.41) is 17.6. The molecule has 9 nitrogen and oxygen atoms in total. The van der Waals surface area contributed by atoms with E-state index in [4.69, 9.17) is 4.74 Å². The van der Waals surface area contributed by atoms with E-state index in [0.717, 1.165) is 17.2 Å². The number of guanidine groups is 1. The SMILES string of the molecule is Cc1nnc(CN=C(NCCNC(=O)OC(C)(C)C)NC(C)c2ccccc2)n1C.I. The first-order chi connectivity index (χ1) is 14.2. The number of carbonyl (C=O) groups excluding carboxylic acids is 1. The predicted octanol–water partition coefficient (Wildman–Crippen LogP) is 3.06. The molecular weight excluding hydrogens is 509 g/mol. The number of hydrogen-bond donors (Lipinski definition) is 3. The van der Waals surface area contributed by atoms with Gasteiger partial charge in [-0.05, 0) is 40.2 Å². The molecule has 1 amide bonds. The van der Waals surface area contributed by atoms with Crippen molar-refractivity contribution in [2.75, 3.05) is 13.1 Å². The molecule has 0 saturated carbocycles. The van der Waals surface area contributed by atoms with E-state index in [1.807, 2.05) is 57.5 Å². The average molecular weight is 543 g/mol. The number of aromatic nitrogens is 3. The van der Waals surface area contributed by atoms with Gasteiger partial charge < -0.3 is 25.3 Å². The van der Waals surface area contributed by atoms with Gasteiger partial charge in [-0.15, -0.1) is 34.2 Å². The molecule has 1 aromatic heterocycles. The Morgan fingerprint density at radius 3 is 2.39 bits per heavy atom. The third-order valence-corrected chi connectivity index (χ3v) is 4.30. The molecule has 1 atom stereocenters. The van der Waals surface area contributed by atoms with Crippen LogP contribution in [0.4, 0.5) is 4.79 Å². The first kappa shape index (κ1) is 26.7. The monoisotopic (exact) mass is 543 g/mol. The summed E-state index contributed by atoms with van der Waals surface area (Å²) in [7, 11) is 1.91. The van der Waals surface area contributed by atoms with Crippen molar-refractivity contribution >= 4 is 36.0 Å². The molecule has 0 aliphatic carbocycles. The molecule has 0 radical (unpaired) electrons. The number of ether oxygens (including phenoxy) is 1. The van der Waals surface area contributed by atoms with Crippen LogP contribution in [0.15, 0.2) is 35.3 Å². The molecule has 0 saturated heterocycles. The number of nitrogens with one attached hydrogen (secondary N) is 3. The Labute approximate surface area is 201 Å². The Hall–Kier alpha value is -2.37. The third kappa shape index (κ3) is 9.53. The Kier molecular flexibility index (Phi) is 10.7. The van der Waals surface area contributed by atoms with Crippen LogP contribution in [-0.4, -0.2) is 45.5 Å². The van der Waals surface area contributed by atoms with E-state index < -0.39 is 11.7 Å². The maximum absolute atomic E-state index is 11.8. The van der Waals surface area contributed by atoms with E-state index >= 15 is 0 Å². The molecule has 1 heterocycles. The zero-order valence-corrected chi connectivity index (χ0v) is 21.4. The predicted molar refractivity (Wildman–Crippen MR) is 133 cm³/mol. The smallest absolute Gasteiger partial charge is 0.407 e. The van der Waals surface area contributed by atoms with Gasteiger partial charge in [0, 0.05) is 20.1 Å². The lowest BCUT2D eigenvalue weighted by Gasteiger charge is -2.21. The Bertz CT molecular complexity index is 847. The molecule has 1 unspecified atom stereocenters. The van der Waals surface area contributed by atoms with E-state index in [1.165, 1.54) is 0 Å². The summed E-state index contributed by atoms with van der Waals surface area (Å²) < 4.78 is 7.15. The summed E-state index contributed by atoms with van der Waals surface area (Å²) in [6, 6.07) is 10.2. The molecule has 0 fully saturated rings. The lowest BCUT2D eigenvalue weighted by atomic mass is 10.1. The molecule has 0 bridgehead atoms. The first-order valence-electron chi connectivity index (χ1n) is 10.1. The van der Waals surface area contributed by atoms with Crippen LogP contribution in [0.2, 0.25) is 0 Å². The van der Waals surface area contributed by atoms with E-state index in [1.54, 1.807) is 0 Å². The fraction of sp³-hybridized carbons (Fsp3) is 0.524. The van der Waals surface area contributed by atoms with Gasteiger partial charge >= 0.3 is 6.09 Å². The Balaban J connectivity index is 0.00000480. The highest BCUT2D eigenvalue weighted by Crippen LogP contribution is 2.11. The van der Waals surface area contributed by atoms with Crippen molar-refractivity contribution in [3.63, 3.8) is 0 Å². The van der Waals surface area contributed by atoms with E-state index in [9.17, 15) is 4.79 Å². The number of benzene rings is 1. The lowest BCUT2D eigenvalue weighted by molar-refractivity contribution is 0.0529. The molecule has 3 N–H and O–H groups in total. The summed E-state index contributed by atoms with van der Waals surface area (Å²) >= 11 is 0. The number of hydrogen-bond acceptors (Lipinski definition) is 5. The summed E-state index contributed by atoms with van der Waals surface area (Å²) in [5.74, 6) is 2.23. The van der Waals surface area contributed by atoms with Crippen molar-refractivity contribution in [1.82, 2.24) is 30.7 Å². The second-order valence-electron chi connectivity index (χ2n) is 8.02. The van der Waals surface area contributed by atoms with Gasteiger partial charge in [-0.1, -0.05) is 30.3 Å². The van der Waals surface area contributed by atoms with Gasteiger partial charge in [-0.25, -0.2) is 9.79 Å². The van der Waals surface area contributed by atoms with Crippen LogP contribution >= 0.6 is 24.0 Å². The highest BCUT2D eigenvalue weighted by molar-refractivity contribution is 14.0. The lowest BCUT2D eigenvalue weighted by Crippen LogP contribution is -2.43. The third-order valence-electron chi connectivity index (χ3n) is 4.30. The second kappa shape index (κ2) is 12.5. The van der Waals surface area contributed by atoms with E-state index in [2.05, 4.69) is 50.2 Å². The number of rotatable bonds is 7. The van der Waals surface area contributed by atoms with Crippen molar-refractivity contribution < 1.29 is 9.53 Å². The van der Waals surface area contributed by atoms with Crippen LogP contribution in [0.5, 0.6) is 0 Å². The molecule has 10 heteroatoms. The Morgan fingerprint density at radius 1 is 1.16 bits per heavy atom. The average Bonchev–Trinajstić information content (AvgIpc) is 3.00. The van der Waals surface area contributed by atoms with Crippen molar-refractivity contribution in [3.05, 3.63) is 47.5 Å². The molecule has 172 valence electrons. The topological polar surface area (TPSA) is 105 Å². The molecule has 1 aromatic carbocycles. The summed E-state index contributed by atoms with van der Waals surface area (Å²) in [5.41, 5.74) is 0.624. The van der Waals surface area contributed by atoms with E-state index in [0.29, 0.717) is 25.6 Å². The van der Waals surface area contributed by atoms with Gasteiger partial charge in [0.2, 0.25) is 0 Å². The number of carbonyl (C=O) groups is 1. The highest BCUT2D eigenvalue weighted by Gasteiger charge is 2.15. The normalized spacial score (nSPS) is 12.5. The van der Waals surface area contributed by atoms with Crippen LogP contribution < -0.4 is 16.0 Å². The number of alkyl carbamates (subject to hydrolysis) is 1. The number of halogens is 1. The van der Waals surface area contributed by atoms with Crippen molar-refractivity contribution in [2.24, 2.45) is 12.0 Å². The summed E-state index contributed by atoms with van der Waals surface area (Å²) in [6.45, 7) is 10.7. The maximum Gasteiger partial charge on any atom is 0.407 e. The maximum atomic E-state index is 11.8. The van der Waals surface area contributed by atoms with Gasteiger partial charge in [0.15, 0.2) is 11.8 Å². The van der Waals surface area contributed by atoms with Crippen molar-refractivity contribution in [3.8, 4) is 0 Å². The van der Waals surface area contributed by atoms with Gasteiger partial charge in [-0.2, -0.15) is 0 Å². The van der Waals surface area contributed by atoms with Gasteiger partial charge in [-0.3, -0.25) is 0 Å². The first-order valence-corrected chi connectivity index (χ1v) is 10.1. The summed E-state index contributed by atoms with van der Waals surface area (Å²) in [4.78, 5) is 16.4. The molecule has 0 spiro atoms. The minimum Gasteiger partial charge on any atom is -0.444 e. The minimum atomic E-state index is -0.523. The van der Waals surface area contributed by atoms with E-state index in [-0.39, 0.29) is 30.0 Å². The largest absolute Gasteiger partial charge is 0.444 e. The molecule has 2 aromatic rings. The zero-order valence-electron chi connectivity index (χ0n) is 19.1. The van der Waals surface area contributed by atoms with Crippen LogP contribution in [0.3, 0.4) is 0 Å². The fourth-order valence-electron chi connectivity index (χ4n) is 2.58. The number of amides is 1. The fourth-order valence-corrected chi connectivity index (χ4v) is 2.58. The Morgan fingerprint density at radius 2 is 1.81 bits per heavy atom. The number of aliphatic imine (C=N–C) groups is 1. The number of nitrogens with zero attached hydrogens (tertiary/aromatic N) is 4. The van der Waals surface area contributed by atoms with Crippen molar-refractivity contribution in [1.29, 1.82) is 0 Å². The van der Waals surface area contributed by atoms with Crippen LogP contribution in [0.25, 0.3) is 0 Å². The summed E-state index contributed by atoms with van der Waals surface area (Å²) in [6.07, 6.45) is -0.442. The minimum absolute atomic E-state index is 0. The quantitative estimate of drug-likeness (QED) is 0.215. The van der Waals surface area contributed by atoms with Crippen molar-refractivity contribution in [2.45, 2.75) is 52.8 Å².